The van der Waals surface area contributed by atoms with Crippen LogP contribution in [-0.4, -0.2) is 22.2 Å². The van der Waals surface area contributed by atoms with Crippen molar-refractivity contribution in [2.45, 2.75) is 12.7 Å². The van der Waals surface area contributed by atoms with Crippen molar-refractivity contribution >= 4 is 28.2 Å². The molecule has 0 aliphatic rings. The van der Waals surface area contributed by atoms with Gasteiger partial charge in [0.25, 0.3) is 5.91 Å². The molecule has 0 saturated heterocycles. The maximum Gasteiger partial charge on any atom is 0.255 e. The Balaban J connectivity index is 2.18. The Morgan fingerprint density at radius 2 is 1.59 bits per heavy atom. The Morgan fingerprint density at radius 1 is 1.00 bits per heavy atom. The first-order chi connectivity index (χ1) is 10.5. The van der Waals surface area contributed by atoms with Gasteiger partial charge in [-0.3, -0.25) is 13.8 Å². The average Bonchev–Trinajstić information content (AvgIpc) is 2.48. The molecule has 5 heteroatoms. The summed E-state index contributed by atoms with van der Waals surface area (Å²) < 4.78 is 11.4. The van der Waals surface area contributed by atoms with Gasteiger partial charge in [-0.25, -0.2) is 0 Å². The second kappa shape index (κ2) is 7.13. The van der Waals surface area contributed by atoms with Gasteiger partial charge in [-0.2, -0.15) is 0 Å². The predicted molar refractivity (Wildman–Crippen MR) is 88.6 cm³/mol. The van der Waals surface area contributed by atoms with Crippen LogP contribution in [0.5, 0.6) is 0 Å². The smallest absolute Gasteiger partial charge is 0.255 e. The summed E-state index contributed by atoms with van der Waals surface area (Å²) in [6.07, 6.45) is 1.62. The zero-order chi connectivity index (χ0) is 16.1. The van der Waals surface area contributed by atoms with E-state index in [9.17, 15) is 13.8 Å². The minimum absolute atomic E-state index is 0.0391. The quantitative estimate of drug-likeness (QED) is 0.863. The summed E-state index contributed by atoms with van der Waals surface area (Å²) in [4.78, 5) is 23.5. The number of amides is 1. The number of ketones is 1. The van der Waals surface area contributed by atoms with Crippen LogP contribution in [0.2, 0.25) is 0 Å². The summed E-state index contributed by atoms with van der Waals surface area (Å²) in [7, 11) is -0.983. The lowest BCUT2D eigenvalue weighted by Crippen LogP contribution is -2.13. The highest BCUT2D eigenvalue weighted by atomic mass is 32.2. The topological polar surface area (TPSA) is 63.2 Å². The first-order valence-corrected chi connectivity index (χ1v) is 8.50. The minimum Gasteiger partial charge on any atom is -0.322 e. The normalized spacial score (nSPS) is 11.7. The van der Waals surface area contributed by atoms with E-state index >= 15 is 0 Å². The molecule has 0 aromatic heterocycles. The summed E-state index contributed by atoms with van der Waals surface area (Å²) in [6.45, 7) is 1.48. The average molecular weight is 315 g/mol. The fourth-order valence-corrected chi connectivity index (χ4v) is 2.73. The summed E-state index contributed by atoms with van der Waals surface area (Å²) >= 11 is 0. The highest BCUT2D eigenvalue weighted by Crippen LogP contribution is 2.18. The van der Waals surface area contributed by atoms with Crippen molar-refractivity contribution in [2.75, 3.05) is 11.6 Å². The molecule has 2 aromatic carbocycles. The molecule has 1 N–H and O–H groups in total. The second-order valence-corrected chi connectivity index (χ2v) is 6.40. The van der Waals surface area contributed by atoms with Gasteiger partial charge in [-0.05, 0) is 30.7 Å². The number of anilines is 1. The molecule has 0 bridgehead atoms. The molecule has 0 aliphatic heterocycles. The largest absolute Gasteiger partial charge is 0.322 e. The van der Waals surface area contributed by atoms with E-state index in [0.717, 1.165) is 5.56 Å². The SMILES string of the molecule is CC(=O)c1ccc(C(=O)Nc2ccccc2C[S@@](C)=O)cc1. The fourth-order valence-electron chi connectivity index (χ4n) is 2.04. The van der Waals surface area contributed by atoms with E-state index in [4.69, 9.17) is 0 Å². The molecule has 0 radical (unpaired) electrons. The monoisotopic (exact) mass is 315 g/mol. The van der Waals surface area contributed by atoms with Crippen LogP contribution in [0, 0.1) is 0 Å². The van der Waals surface area contributed by atoms with Gasteiger partial charge in [0.15, 0.2) is 5.78 Å². The Hall–Kier alpha value is -2.27. The van der Waals surface area contributed by atoms with E-state index in [1.54, 1.807) is 36.6 Å². The Bertz CT molecular complexity index is 723. The molecule has 0 fully saturated rings. The molecule has 22 heavy (non-hydrogen) atoms. The van der Waals surface area contributed by atoms with Gasteiger partial charge in [-0.15, -0.1) is 0 Å². The summed E-state index contributed by atoms with van der Waals surface area (Å²) in [5, 5.41) is 2.82. The van der Waals surface area contributed by atoms with E-state index in [2.05, 4.69) is 5.32 Å². The fraction of sp³-hybridized carbons (Fsp3) is 0.176. The Labute approximate surface area is 132 Å². The highest BCUT2D eigenvalue weighted by molar-refractivity contribution is 7.83. The third-order valence-corrected chi connectivity index (χ3v) is 3.90. The van der Waals surface area contributed by atoms with Crippen molar-refractivity contribution < 1.29 is 13.8 Å². The number of benzene rings is 2. The van der Waals surface area contributed by atoms with Crippen LogP contribution < -0.4 is 5.32 Å². The van der Waals surface area contributed by atoms with Crippen molar-refractivity contribution in [2.24, 2.45) is 0 Å². The molecule has 114 valence electrons. The number of Topliss-reactive ketones (excluding diaryl/α,β-unsaturated/α-hetero) is 1. The lowest BCUT2D eigenvalue weighted by Gasteiger charge is -2.10. The minimum atomic E-state index is -0.983. The van der Waals surface area contributed by atoms with Crippen molar-refractivity contribution in [1.29, 1.82) is 0 Å². The summed E-state index contributed by atoms with van der Waals surface area (Å²) in [5.74, 6) is 0.0897. The molecular weight excluding hydrogens is 298 g/mol. The number of nitrogens with one attached hydrogen (secondary N) is 1. The molecule has 0 aliphatic carbocycles. The zero-order valence-corrected chi connectivity index (χ0v) is 13.3. The molecule has 2 aromatic rings. The van der Waals surface area contributed by atoms with Crippen LogP contribution in [0.1, 0.15) is 33.2 Å². The number of carbonyl (C=O) groups excluding carboxylic acids is 2. The van der Waals surface area contributed by atoms with Crippen LogP contribution in [0.15, 0.2) is 48.5 Å². The maximum absolute atomic E-state index is 12.3. The van der Waals surface area contributed by atoms with Crippen LogP contribution >= 0.6 is 0 Å². The van der Waals surface area contributed by atoms with Crippen LogP contribution in [0.4, 0.5) is 5.69 Å². The van der Waals surface area contributed by atoms with Crippen molar-refractivity contribution in [3.8, 4) is 0 Å². The van der Waals surface area contributed by atoms with Crippen LogP contribution in [0.3, 0.4) is 0 Å². The van der Waals surface area contributed by atoms with Gasteiger partial charge in [0.2, 0.25) is 0 Å². The van der Waals surface area contributed by atoms with Gasteiger partial charge in [0, 0.05) is 33.9 Å². The van der Waals surface area contributed by atoms with Crippen LogP contribution in [0.25, 0.3) is 0 Å². The maximum atomic E-state index is 12.3. The highest BCUT2D eigenvalue weighted by Gasteiger charge is 2.10. The number of rotatable bonds is 5. The summed E-state index contributed by atoms with van der Waals surface area (Å²) in [5.41, 5.74) is 2.52. The molecule has 0 saturated carbocycles. The third-order valence-electron chi connectivity index (χ3n) is 3.18. The van der Waals surface area contributed by atoms with Gasteiger partial charge in [-0.1, -0.05) is 30.3 Å². The third kappa shape index (κ3) is 4.11. The number of carbonyl (C=O) groups is 2. The van der Waals surface area contributed by atoms with Gasteiger partial charge in [0.1, 0.15) is 0 Å². The van der Waals surface area contributed by atoms with E-state index in [-0.39, 0.29) is 11.7 Å². The standard InChI is InChI=1S/C17H17NO3S/c1-12(19)13-7-9-14(10-8-13)17(20)18-16-6-4-3-5-15(16)11-22(2)21/h3-10H,11H2,1-2H3,(H,18,20)/t22-/m1/s1. The Kier molecular flexibility index (Phi) is 5.22. The number of hydrogen-bond donors (Lipinski definition) is 1. The second-order valence-electron chi connectivity index (χ2n) is 4.96. The molecular formula is C17H17NO3S. The molecule has 4 nitrogen and oxygen atoms in total. The lowest BCUT2D eigenvalue weighted by atomic mass is 10.1. The molecule has 1 atom stereocenters. The first kappa shape index (κ1) is 16.1. The van der Waals surface area contributed by atoms with E-state index in [1.165, 1.54) is 6.92 Å². The zero-order valence-electron chi connectivity index (χ0n) is 12.5. The molecule has 0 unspecified atom stereocenters. The van der Waals surface area contributed by atoms with Crippen LogP contribution in [-0.2, 0) is 16.6 Å². The molecule has 1 amide bonds. The van der Waals surface area contributed by atoms with E-state index in [1.807, 2.05) is 18.2 Å². The van der Waals surface area contributed by atoms with E-state index in [0.29, 0.717) is 22.6 Å². The molecule has 0 heterocycles. The number of para-hydroxylation sites is 1. The Morgan fingerprint density at radius 3 is 2.18 bits per heavy atom. The van der Waals surface area contributed by atoms with E-state index < -0.39 is 10.8 Å². The molecule has 2 rings (SSSR count). The van der Waals surface area contributed by atoms with Gasteiger partial charge < -0.3 is 5.32 Å². The van der Waals surface area contributed by atoms with Crippen molar-refractivity contribution in [3.63, 3.8) is 0 Å². The van der Waals surface area contributed by atoms with Crippen molar-refractivity contribution in [1.82, 2.24) is 0 Å². The van der Waals surface area contributed by atoms with Gasteiger partial charge >= 0.3 is 0 Å². The van der Waals surface area contributed by atoms with Gasteiger partial charge in [0.05, 0.1) is 5.75 Å². The lowest BCUT2D eigenvalue weighted by molar-refractivity contribution is 0.100. The number of hydrogen-bond acceptors (Lipinski definition) is 3. The van der Waals surface area contributed by atoms with Crippen molar-refractivity contribution in [3.05, 3.63) is 65.2 Å². The first-order valence-electron chi connectivity index (χ1n) is 6.77. The predicted octanol–water partition coefficient (Wildman–Crippen LogP) is 3.02. The molecule has 0 spiro atoms. The summed E-state index contributed by atoms with van der Waals surface area (Å²) in [6, 6.07) is 13.8.